The van der Waals surface area contributed by atoms with Crippen LogP contribution in [-0.2, 0) is 20.7 Å². The average Bonchev–Trinajstić information content (AvgIpc) is 2.49. The summed E-state index contributed by atoms with van der Waals surface area (Å²) in [4.78, 5) is 8.01. The van der Waals surface area contributed by atoms with E-state index in [1.54, 1.807) is 0 Å². The molecule has 0 fully saturated rings. The molecule has 0 aliphatic heterocycles. The van der Waals surface area contributed by atoms with Crippen molar-refractivity contribution in [3.8, 4) is 0 Å². The van der Waals surface area contributed by atoms with Crippen LogP contribution in [0.25, 0.3) is 0 Å². The first-order valence-electron chi connectivity index (χ1n) is 6.83. The van der Waals surface area contributed by atoms with Crippen molar-refractivity contribution in [2.24, 2.45) is 15.3 Å². The maximum atomic E-state index is 12.6. The summed E-state index contributed by atoms with van der Waals surface area (Å²) in [6.07, 6.45) is -2.13. The molecule has 6 nitrogen and oxygen atoms in total. The topological polar surface area (TPSA) is 89.9 Å². The zero-order valence-corrected chi connectivity index (χ0v) is 13.9. The number of hydrogen-bond acceptors (Lipinski definition) is 4. The van der Waals surface area contributed by atoms with Gasteiger partial charge in [0, 0.05) is 18.9 Å². The smallest absolute Gasteiger partial charge is 0.393 e. The van der Waals surface area contributed by atoms with Crippen molar-refractivity contribution < 1.29 is 26.6 Å². The molecule has 24 heavy (non-hydrogen) atoms. The highest BCUT2D eigenvalue weighted by molar-refractivity contribution is 7.93. The summed E-state index contributed by atoms with van der Waals surface area (Å²) in [6, 6.07) is 1.99. The fourth-order valence-electron chi connectivity index (χ4n) is 1.58. The number of halogens is 4. The molecule has 0 spiro atoms. The molecule has 1 rings (SSSR count). The Kier molecular flexibility index (Phi) is 6.93. The molecular formula is C13H18F4N4O2S. The molecule has 0 saturated heterocycles. The first kappa shape index (κ1) is 20.1. The summed E-state index contributed by atoms with van der Waals surface area (Å²) in [7, 11) is -2.96. The molecular weight excluding hydrogens is 352 g/mol. The van der Waals surface area contributed by atoms with Gasteiger partial charge in [0.25, 0.3) is 5.96 Å². The van der Waals surface area contributed by atoms with Crippen LogP contribution in [0.3, 0.4) is 0 Å². The molecule has 0 saturated carbocycles. The number of nitrogens with two attached hydrogens (primary N) is 1. The van der Waals surface area contributed by atoms with Crippen LogP contribution < -0.4 is 5.73 Å². The molecule has 0 amide bonds. The summed E-state index contributed by atoms with van der Waals surface area (Å²) in [5, 5.41) is 2.64. The number of oxime groups is 1. The molecule has 2 unspecified atom stereocenters. The zero-order valence-electron chi connectivity index (χ0n) is 13.1. The second kappa shape index (κ2) is 8.27. The Morgan fingerprint density at radius 1 is 1.46 bits per heavy atom. The van der Waals surface area contributed by atoms with Gasteiger partial charge < -0.3 is 10.6 Å². The van der Waals surface area contributed by atoms with Gasteiger partial charge in [0.1, 0.15) is 12.3 Å². The number of pyridine rings is 1. The molecule has 11 heteroatoms. The lowest BCUT2D eigenvalue weighted by atomic mass is 10.2. The summed E-state index contributed by atoms with van der Waals surface area (Å²) in [5.74, 6) is -0.395. The van der Waals surface area contributed by atoms with Crippen LogP contribution in [0.15, 0.2) is 27.8 Å². The number of hydrogen-bond donors (Lipinski definition) is 1. The molecule has 136 valence electrons. The van der Waals surface area contributed by atoms with E-state index < -0.39 is 39.5 Å². The number of nitrogens with zero attached hydrogens (tertiary/aromatic N) is 3. The standard InChI is InChI=1S/C13H18F4N4O2S/c1-9(10-4-5-11(19-8-10)13(15,16)17)24(2,22)21-12(18)20-23-7-3-6-14/h4-5,8-9H,3,6-7H2,1-2H3,(H2,18,20). The Morgan fingerprint density at radius 3 is 2.62 bits per heavy atom. The summed E-state index contributed by atoms with van der Waals surface area (Å²) in [6.45, 7) is 0.943. The van der Waals surface area contributed by atoms with E-state index in [1.807, 2.05) is 0 Å². The lowest BCUT2D eigenvalue weighted by molar-refractivity contribution is -0.141. The zero-order chi connectivity index (χ0) is 18.4. The fourth-order valence-corrected chi connectivity index (χ4v) is 2.79. The second-order valence-electron chi connectivity index (χ2n) is 4.89. The summed E-state index contributed by atoms with van der Waals surface area (Å²) < 4.78 is 65.7. The minimum Gasteiger partial charge on any atom is -0.393 e. The number of alkyl halides is 4. The SMILES string of the molecule is CC(c1ccc(C(F)(F)F)nc1)S(C)(=O)=N/C(N)=N/OCCCF. The third-order valence-corrected chi connectivity index (χ3v) is 5.14. The molecule has 2 atom stereocenters. The van der Waals surface area contributed by atoms with Gasteiger partial charge in [-0.05, 0) is 23.7 Å². The first-order valence-corrected chi connectivity index (χ1v) is 8.82. The minimum absolute atomic E-state index is 0.00397. The monoisotopic (exact) mass is 370 g/mol. The Morgan fingerprint density at radius 2 is 2.12 bits per heavy atom. The molecule has 0 aliphatic rings. The van der Waals surface area contributed by atoms with Gasteiger partial charge >= 0.3 is 6.18 Å². The van der Waals surface area contributed by atoms with Crippen molar-refractivity contribution in [3.63, 3.8) is 0 Å². The van der Waals surface area contributed by atoms with Crippen LogP contribution in [0.1, 0.15) is 29.9 Å². The number of aromatic nitrogens is 1. The molecule has 0 radical (unpaired) electrons. The molecule has 1 aromatic heterocycles. The maximum absolute atomic E-state index is 12.6. The van der Waals surface area contributed by atoms with Gasteiger partial charge in [0.15, 0.2) is 0 Å². The average molecular weight is 370 g/mol. The van der Waals surface area contributed by atoms with Crippen molar-refractivity contribution in [2.75, 3.05) is 19.5 Å². The van der Waals surface area contributed by atoms with E-state index in [2.05, 4.69) is 19.3 Å². The minimum atomic E-state index is -4.55. The summed E-state index contributed by atoms with van der Waals surface area (Å²) >= 11 is 0. The van der Waals surface area contributed by atoms with Gasteiger partial charge in [-0.1, -0.05) is 6.07 Å². The van der Waals surface area contributed by atoms with Gasteiger partial charge in [0.05, 0.1) is 21.7 Å². The predicted molar refractivity (Wildman–Crippen MR) is 82.3 cm³/mol. The van der Waals surface area contributed by atoms with Gasteiger partial charge in [0.2, 0.25) is 0 Å². The van der Waals surface area contributed by atoms with Gasteiger partial charge in [-0.15, -0.1) is 0 Å². The van der Waals surface area contributed by atoms with Crippen molar-refractivity contribution in [1.29, 1.82) is 0 Å². The Bertz CT molecular complexity index is 682. The fraction of sp³-hybridized carbons (Fsp3) is 0.538. The van der Waals surface area contributed by atoms with Gasteiger partial charge in [-0.3, -0.25) is 9.37 Å². The molecule has 1 heterocycles. The van der Waals surface area contributed by atoms with Crippen LogP contribution in [-0.4, -0.2) is 34.7 Å². The predicted octanol–water partition coefficient (Wildman–Crippen LogP) is 2.87. The highest BCUT2D eigenvalue weighted by Gasteiger charge is 2.32. The number of rotatable bonds is 6. The van der Waals surface area contributed by atoms with Crippen LogP contribution in [0.4, 0.5) is 17.6 Å². The molecule has 0 aliphatic carbocycles. The molecule has 2 N–H and O–H groups in total. The normalized spacial score (nSPS) is 16.3. The lowest BCUT2D eigenvalue weighted by Crippen LogP contribution is -2.17. The van der Waals surface area contributed by atoms with E-state index in [-0.39, 0.29) is 13.0 Å². The van der Waals surface area contributed by atoms with Gasteiger partial charge in [-0.2, -0.15) is 17.5 Å². The van der Waals surface area contributed by atoms with Crippen molar-refractivity contribution in [3.05, 3.63) is 29.6 Å². The Hall–Kier alpha value is -1.91. The van der Waals surface area contributed by atoms with E-state index in [0.717, 1.165) is 12.3 Å². The highest BCUT2D eigenvalue weighted by Crippen LogP contribution is 2.29. The van der Waals surface area contributed by atoms with E-state index in [0.29, 0.717) is 5.56 Å². The summed E-state index contributed by atoms with van der Waals surface area (Å²) in [5.41, 5.74) is 4.73. The highest BCUT2D eigenvalue weighted by atomic mass is 32.2. The number of guanidine groups is 1. The van der Waals surface area contributed by atoms with Crippen LogP contribution in [0, 0.1) is 0 Å². The van der Waals surface area contributed by atoms with E-state index in [9.17, 15) is 21.8 Å². The first-order chi connectivity index (χ1) is 11.1. The molecule has 1 aromatic rings. The van der Waals surface area contributed by atoms with E-state index in [1.165, 1.54) is 19.2 Å². The van der Waals surface area contributed by atoms with Crippen molar-refractivity contribution >= 4 is 15.7 Å². The maximum Gasteiger partial charge on any atom is 0.433 e. The third kappa shape index (κ3) is 5.95. The van der Waals surface area contributed by atoms with Crippen molar-refractivity contribution in [1.82, 2.24) is 4.98 Å². The van der Waals surface area contributed by atoms with Crippen molar-refractivity contribution in [2.45, 2.75) is 24.8 Å². The van der Waals surface area contributed by atoms with Crippen LogP contribution in [0.5, 0.6) is 0 Å². The quantitative estimate of drug-likeness (QED) is 0.274. The lowest BCUT2D eigenvalue weighted by Gasteiger charge is -2.14. The third-order valence-electron chi connectivity index (χ3n) is 3.00. The molecule has 0 bridgehead atoms. The largest absolute Gasteiger partial charge is 0.433 e. The van der Waals surface area contributed by atoms with Gasteiger partial charge in [-0.25, -0.2) is 4.21 Å². The Labute approximate surface area is 137 Å². The molecule has 0 aromatic carbocycles. The second-order valence-corrected chi connectivity index (χ2v) is 7.51. The van der Waals surface area contributed by atoms with E-state index in [4.69, 9.17) is 5.73 Å². The van der Waals surface area contributed by atoms with E-state index >= 15 is 0 Å². The Balaban J connectivity index is 2.93. The van der Waals surface area contributed by atoms with Crippen LogP contribution in [0.2, 0.25) is 0 Å². The van der Waals surface area contributed by atoms with Crippen LogP contribution >= 0.6 is 0 Å².